The average Bonchev–Trinajstić information content (AvgIpc) is 2.01. The van der Waals surface area contributed by atoms with Crippen LogP contribution >= 0.6 is 0 Å². The van der Waals surface area contributed by atoms with Crippen LogP contribution in [-0.2, 0) is 9.59 Å². The van der Waals surface area contributed by atoms with Crippen molar-refractivity contribution in [2.75, 3.05) is 34.3 Å². The third kappa shape index (κ3) is 15.3. The predicted molar refractivity (Wildman–Crippen MR) is 57.8 cm³/mol. The minimum absolute atomic E-state index is 0.281. The number of hydrogen-bond acceptors (Lipinski definition) is 4. The number of likely N-dealkylation sites (N-methyl/N-ethyl adjacent to an activating group) is 1. The van der Waals surface area contributed by atoms with Gasteiger partial charge in [-0.05, 0) is 0 Å². The Labute approximate surface area is 94.7 Å². The molecule has 16 heavy (non-hydrogen) atoms. The van der Waals surface area contributed by atoms with Gasteiger partial charge in [-0.3, -0.25) is 9.59 Å². The lowest BCUT2D eigenvalue weighted by Crippen LogP contribution is -2.36. The first-order valence-electron chi connectivity index (χ1n) is 4.71. The molecule has 96 valence electrons. The lowest BCUT2D eigenvalue weighted by atomic mass is 10.2. The molecule has 0 heterocycles. The zero-order valence-electron chi connectivity index (χ0n) is 9.88. The lowest BCUT2D eigenvalue weighted by Gasteiger charge is -2.21. The highest BCUT2D eigenvalue weighted by molar-refractivity contribution is 5.80. The second-order valence-electron chi connectivity index (χ2n) is 4.28. The molecular formula is C9H21N2O5+. The van der Waals surface area contributed by atoms with Gasteiger partial charge in [0.25, 0.3) is 0 Å². The van der Waals surface area contributed by atoms with Gasteiger partial charge < -0.3 is 25.5 Å². The number of rotatable bonds is 5. The third-order valence-corrected chi connectivity index (χ3v) is 1.48. The van der Waals surface area contributed by atoms with Gasteiger partial charge >= 0.3 is 11.9 Å². The second kappa shape index (κ2) is 8.03. The summed E-state index contributed by atoms with van der Waals surface area (Å²) in [6, 6.07) is -1.29. The van der Waals surface area contributed by atoms with Crippen molar-refractivity contribution < 1.29 is 29.4 Å². The Morgan fingerprint density at radius 2 is 1.69 bits per heavy atom. The third-order valence-electron chi connectivity index (χ3n) is 1.48. The number of carboxylic acid groups (broad SMARTS) is 2. The summed E-state index contributed by atoms with van der Waals surface area (Å²) < 4.78 is 0.844. The van der Waals surface area contributed by atoms with E-state index < -0.39 is 24.4 Å². The van der Waals surface area contributed by atoms with Gasteiger partial charge in [-0.15, -0.1) is 0 Å². The van der Waals surface area contributed by atoms with Crippen LogP contribution in [0, 0.1) is 0 Å². The maximum atomic E-state index is 9.85. The minimum atomic E-state index is -1.29. The predicted octanol–water partition coefficient (Wildman–Crippen LogP) is -1.44. The fourth-order valence-electron chi connectivity index (χ4n) is 0.575. The molecule has 0 spiro atoms. The largest absolute Gasteiger partial charge is 0.481 e. The number of nitrogens with zero attached hydrogens (tertiary/aromatic N) is 1. The number of hydrogen-bond donors (Lipinski definition) is 4. The van der Waals surface area contributed by atoms with Gasteiger partial charge in [-0.2, -0.15) is 0 Å². The average molecular weight is 237 g/mol. The van der Waals surface area contributed by atoms with Crippen molar-refractivity contribution in [2.24, 2.45) is 5.73 Å². The SMILES string of the molecule is C[N+](C)(C)CCO.NC(CC(=O)O)C(=O)O. The summed E-state index contributed by atoms with van der Waals surface area (Å²) >= 11 is 0. The van der Waals surface area contributed by atoms with Gasteiger partial charge in [0, 0.05) is 0 Å². The van der Waals surface area contributed by atoms with Crippen LogP contribution in [-0.4, -0.2) is 72.1 Å². The Balaban J connectivity index is 0. The maximum absolute atomic E-state index is 9.85. The first kappa shape index (κ1) is 17.2. The highest BCUT2D eigenvalue weighted by atomic mass is 16.4. The fraction of sp³-hybridized carbons (Fsp3) is 0.778. The molecule has 0 aromatic rings. The molecule has 0 saturated heterocycles. The number of nitrogens with two attached hydrogens (primary N) is 1. The number of carboxylic acids is 2. The molecule has 0 aliphatic carbocycles. The van der Waals surface area contributed by atoms with Gasteiger partial charge in [-0.25, -0.2) is 0 Å². The molecule has 7 nitrogen and oxygen atoms in total. The van der Waals surface area contributed by atoms with Crippen molar-refractivity contribution in [1.29, 1.82) is 0 Å². The topological polar surface area (TPSA) is 121 Å². The van der Waals surface area contributed by atoms with Crippen LogP contribution in [0.15, 0.2) is 0 Å². The molecule has 0 amide bonds. The van der Waals surface area contributed by atoms with E-state index in [1.54, 1.807) is 0 Å². The first-order valence-corrected chi connectivity index (χ1v) is 4.71. The molecule has 0 fully saturated rings. The minimum Gasteiger partial charge on any atom is -0.481 e. The van der Waals surface area contributed by atoms with Gasteiger partial charge in [0.2, 0.25) is 0 Å². The molecule has 0 saturated carbocycles. The number of aliphatic carboxylic acids is 2. The van der Waals surface area contributed by atoms with Crippen LogP contribution < -0.4 is 5.73 Å². The Hall–Kier alpha value is -1.18. The van der Waals surface area contributed by atoms with Crippen LogP contribution in [0.1, 0.15) is 6.42 Å². The number of aliphatic hydroxyl groups excluding tert-OH is 1. The van der Waals surface area contributed by atoms with E-state index in [0.29, 0.717) is 0 Å². The Kier molecular flexibility index (Phi) is 8.64. The Morgan fingerprint density at radius 3 is 1.75 bits per heavy atom. The van der Waals surface area contributed by atoms with Crippen molar-refractivity contribution in [3.63, 3.8) is 0 Å². The van der Waals surface area contributed by atoms with Crippen molar-refractivity contribution in [3.05, 3.63) is 0 Å². The second-order valence-corrected chi connectivity index (χ2v) is 4.28. The van der Waals surface area contributed by atoms with Gasteiger partial charge in [0.1, 0.15) is 12.6 Å². The van der Waals surface area contributed by atoms with Crippen molar-refractivity contribution in [3.8, 4) is 0 Å². The van der Waals surface area contributed by atoms with E-state index in [2.05, 4.69) is 21.1 Å². The Bertz CT molecular complexity index is 224. The maximum Gasteiger partial charge on any atom is 0.321 e. The molecule has 0 radical (unpaired) electrons. The summed E-state index contributed by atoms with van der Waals surface area (Å²) in [5.74, 6) is -2.50. The van der Waals surface area contributed by atoms with Gasteiger partial charge in [-0.1, -0.05) is 0 Å². The van der Waals surface area contributed by atoms with E-state index in [-0.39, 0.29) is 6.61 Å². The summed E-state index contributed by atoms with van der Waals surface area (Å²) in [6.07, 6.45) is -0.532. The molecule has 0 aliphatic rings. The monoisotopic (exact) mass is 237 g/mol. The molecule has 0 aromatic heterocycles. The van der Waals surface area contributed by atoms with E-state index in [9.17, 15) is 9.59 Å². The lowest BCUT2D eigenvalue weighted by molar-refractivity contribution is -0.870. The van der Waals surface area contributed by atoms with Crippen LogP contribution in [0.4, 0.5) is 0 Å². The zero-order chi connectivity index (χ0) is 13.4. The van der Waals surface area contributed by atoms with Crippen LogP contribution in [0.2, 0.25) is 0 Å². The van der Waals surface area contributed by atoms with Crippen molar-refractivity contribution in [2.45, 2.75) is 12.5 Å². The van der Waals surface area contributed by atoms with E-state index in [1.807, 2.05) is 0 Å². The molecular weight excluding hydrogens is 216 g/mol. The molecule has 1 atom stereocenters. The van der Waals surface area contributed by atoms with E-state index in [1.165, 1.54) is 0 Å². The van der Waals surface area contributed by atoms with E-state index in [4.69, 9.17) is 21.1 Å². The van der Waals surface area contributed by atoms with Crippen LogP contribution in [0.5, 0.6) is 0 Å². The van der Waals surface area contributed by atoms with E-state index >= 15 is 0 Å². The molecule has 7 heteroatoms. The molecule has 0 rings (SSSR count). The van der Waals surface area contributed by atoms with Crippen molar-refractivity contribution in [1.82, 2.24) is 0 Å². The van der Waals surface area contributed by atoms with Gasteiger partial charge in [0.05, 0.1) is 34.2 Å². The van der Waals surface area contributed by atoms with Crippen LogP contribution in [0.3, 0.4) is 0 Å². The van der Waals surface area contributed by atoms with Gasteiger partial charge in [0.15, 0.2) is 0 Å². The summed E-state index contributed by atoms with van der Waals surface area (Å²) in [5.41, 5.74) is 4.84. The molecule has 0 aromatic carbocycles. The molecule has 0 bridgehead atoms. The quantitative estimate of drug-likeness (QED) is 0.434. The fourth-order valence-corrected chi connectivity index (χ4v) is 0.575. The summed E-state index contributed by atoms with van der Waals surface area (Å²) in [7, 11) is 6.16. The number of aliphatic hydroxyl groups is 1. The molecule has 1 unspecified atom stereocenters. The standard InChI is InChI=1S/C5H14NO.C4H7NO4/c1-6(2,3)4-5-7;5-2(4(8)9)1-3(6)7/h7H,4-5H2,1-3H3;2H,1,5H2,(H,6,7)(H,8,9)/q+1;. The summed E-state index contributed by atoms with van der Waals surface area (Å²) in [4.78, 5) is 19.6. The summed E-state index contributed by atoms with van der Waals surface area (Å²) in [6.45, 7) is 1.11. The summed E-state index contributed by atoms with van der Waals surface area (Å²) in [5, 5.41) is 24.4. The van der Waals surface area contributed by atoms with Crippen LogP contribution in [0.25, 0.3) is 0 Å². The number of carbonyl (C=O) groups is 2. The smallest absolute Gasteiger partial charge is 0.321 e. The molecule has 0 aliphatic heterocycles. The first-order chi connectivity index (χ1) is 7.10. The van der Waals surface area contributed by atoms with E-state index in [0.717, 1.165) is 11.0 Å². The normalized spacial score (nSPS) is 12.3. The highest BCUT2D eigenvalue weighted by Crippen LogP contribution is 1.86. The highest BCUT2D eigenvalue weighted by Gasteiger charge is 2.14. The zero-order valence-corrected chi connectivity index (χ0v) is 9.88. The molecule has 5 N–H and O–H groups in total. The Morgan fingerprint density at radius 1 is 1.25 bits per heavy atom. The number of quaternary nitrogens is 1. The van der Waals surface area contributed by atoms with Crippen molar-refractivity contribution >= 4 is 11.9 Å².